The molecule has 3 rings (SSSR count). The van der Waals surface area contributed by atoms with Gasteiger partial charge < -0.3 is 20.3 Å². The van der Waals surface area contributed by atoms with Crippen molar-refractivity contribution in [2.24, 2.45) is 7.05 Å². The van der Waals surface area contributed by atoms with E-state index in [0.717, 1.165) is 50.0 Å². The summed E-state index contributed by atoms with van der Waals surface area (Å²) in [7, 11) is 1.82. The van der Waals surface area contributed by atoms with Gasteiger partial charge in [-0.2, -0.15) is 5.10 Å². The number of nitrogens with one attached hydrogen (secondary N) is 2. The lowest BCUT2D eigenvalue weighted by Gasteiger charge is -2.29. The van der Waals surface area contributed by atoms with E-state index in [-0.39, 0.29) is 11.9 Å². The number of rotatable bonds is 14. The zero-order chi connectivity index (χ0) is 26.1. The number of amides is 1. The maximum absolute atomic E-state index is 15.6. The molecule has 3 unspecified atom stereocenters. The summed E-state index contributed by atoms with van der Waals surface area (Å²) in [6.45, 7) is 5.63. The van der Waals surface area contributed by atoms with E-state index in [1.54, 1.807) is 10.9 Å². The van der Waals surface area contributed by atoms with Crippen LogP contribution in [0.4, 0.5) is 13.2 Å². The zero-order valence-electron chi connectivity index (χ0n) is 21.6. The zero-order valence-corrected chi connectivity index (χ0v) is 22.4. The Morgan fingerprint density at radius 2 is 2.14 bits per heavy atom. The molecule has 0 aromatic carbocycles. The number of aryl methyl sites for hydroxylation is 1. The highest BCUT2D eigenvalue weighted by atomic mass is 32.2. The maximum atomic E-state index is 15.6. The Hall–Kier alpha value is -1.72. The molecule has 204 valence electrons. The van der Waals surface area contributed by atoms with Gasteiger partial charge in [0.05, 0.1) is 12.6 Å². The fourth-order valence-electron chi connectivity index (χ4n) is 4.68. The van der Waals surface area contributed by atoms with E-state index in [1.165, 1.54) is 16.7 Å². The highest BCUT2D eigenvalue weighted by Crippen LogP contribution is 2.37. The molecular weight excluding hydrogens is 491 g/mol. The molecule has 0 bridgehead atoms. The van der Waals surface area contributed by atoms with E-state index in [2.05, 4.69) is 20.6 Å². The third-order valence-electron chi connectivity index (χ3n) is 6.89. The molecule has 0 saturated carbocycles. The number of halogens is 3. The van der Waals surface area contributed by atoms with Crippen LogP contribution >= 0.6 is 11.8 Å². The minimum absolute atomic E-state index is 0.00663. The number of alkyl halides is 3. The third-order valence-corrected chi connectivity index (χ3v) is 8.09. The number of thioether (sulfide) groups is 1. The summed E-state index contributed by atoms with van der Waals surface area (Å²) in [4.78, 5) is 15.7. The molecule has 0 radical (unpaired) electrons. The van der Waals surface area contributed by atoms with Gasteiger partial charge >= 0.3 is 0 Å². The highest BCUT2D eigenvalue weighted by Gasteiger charge is 2.31. The summed E-state index contributed by atoms with van der Waals surface area (Å²) >= 11 is 1.48. The maximum Gasteiger partial charge on any atom is 0.261 e. The smallest absolute Gasteiger partial charge is 0.261 e. The first-order valence-electron chi connectivity index (χ1n) is 12.9. The summed E-state index contributed by atoms with van der Waals surface area (Å²) in [6.07, 6.45) is 5.85. The van der Waals surface area contributed by atoms with Gasteiger partial charge in [-0.3, -0.25) is 9.48 Å². The minimum Gasteiger partial charge on any atom is -0.354 e. The molecule has 1 aromatic rings. The minimum atomic E-state index is -2.47. The van der Waals surface area contributed by atoms with Gasteiger partial charge in [0.25, 0.3) is 6.43 Å². The topological polar surface area (TPSA) is 71.4 Å². The Balaban J connectivity index is 1.33. The molecule has 7 nitrogen and oxygen atoms in total. The first-order valence-corrected chi connectivity index (χ1v) is 13.8. The lowest BCUT2D eigenvalue weighted by molar-refractivity contribution is -0.121. The van der Waals surface area contributed by atoms with E-state index in [4.69, 9.17) is 4.74 Å². The Bertz CT molecular complexity index is 864. The molecule has 0 spiro atoms. The second-order valence-electron chi connectivity index (χ2n) is 9.88. The predicted octanol–water partition coefficient (Wildman–Crippen LogP) is 4.36. The van der Waals surface area contributed by atoms with Crippen LogP contribution in [0.1, 0.15) is 64.4 Å². The highest BCUT2D eigenvalue weighted by molar-refractivity contribution is 8.03. The van der Waals surface area contributed by atoms with Crippen LogP contribution in [0, 0.1) is 0 Å². The van der Waals surface area contributed by atoms with E-state index >= 15 is 4.39 Å². The SMILES string of the molecule is CCC(F)(CCCC(C)NC(=O)Cc1cnn(C)c1)CCN1CCC2=C(CC1)SC(OCC(F)F)N2. The van der Waals surface area contributed by atoms with Crippen LogP contribution in [0.25, 0.3) is 0 Å². The predicted molar refractivity (Wildman–Crippen MR) is 136 cm³/mol. The average Bonchev–Trinajstić information content (AvgIpc) is 3.36. The van der Waals surface area contributed by atoms with Crippen LogP contribution in [-0.4, -0.2) is 70.5 Å². The van der Waals surface area contributed by atoms with Gasteiger partial charge in [0.15, 0.2) is 5.56 Å². The number of nitrogens with zero attached hydrogens (tertiary/aromatic N) is 3. The molecule has 0 fully saturated rings. The first kappa shape index (κ1) is 28.8. The summed E-state index contributed by atoms with van der Waals surface area (Å²) in [5.74, 6) is -0.0428. The normalized spacial score (nSPS) is 21.1. The number of hydrogen-bond acceptors (Lipinski definition) is 6. The van der Waals surface area contributed by atoms with Crippen LogP contribution in [0.2, 0.25) is 0 Å². The molecular formula is C25H40F3N5O2S. The van der Waals surface area contributed by atoms with E-state index in [9.17, 15) is 13.6 Å². The van der Waals surface area contributed by atoms with Crippen LogP contribution in [0.15, 0.2) is 23.0 Å². The van der Waals surface area contributed by atoms with Crippen LogP contribution < -0.4 is 10.6 Å². The van der Waals surface area contributed by atoms with Gasteiger partial charge in [0.2, 0.25) is 5.91 Å². The summed E-state index contributed by atoms with van der Waals surface area (Å²) in [5, 5.41) is 10.3. The van der Waals surface area contributed by atoms with Gasteiger partial charge in [0.1, 0.15) is 12.3 Å². The standard InChI is InChI=1S/C25H40F3N5O2S/c1-4-25(28,9-5-6-18(2)30-23(34)14-19-15-29-32(3)16-19)10-13-33-11-7-20-21(8-12-33)36-24(31-20)35-17-22(26)27/h15-16,18,22,24,31H,4-14,17H2,1-3H3,(H,30,34). The molecule has 3 atom stereocenters. The molecule has 2 aliphatic rings. The molecule has 0 aliphatic carbocycles. The second-order valence-corrected chi connectivity index (χ2v) is 11.0. The van der Waals surface area contributed by atoms with E-state index < -0.39 is 24.3 Å². The number of hydrogen-bond donors (Lipinski definition) is 2. The van der Waals surface area contributed by atoms with Gasteiger partial charge in [0, 0.05) is 55.9 Å². The molecule has 2 aliphatic heterocycles. The van der Waals surface area contributed by atoms with Crippen molar-refractivity contribution in [3.8, 4) is 0 Å². The van der Waals surface area contributed by atoms with Crippen molar-refractivity contribution in [3.63, 3.8) is 0 Å². The Labute approximate surface area is 216 Å². The van der Waals surface area contributed by atoms with Crippen molar-refractivity contribution in [2.75, 3.05) is 26.2 Å². The molecule has 11 heteroatoms. The Kier molecular flexibility index (Phi) is 11.0. The Morgan fingerprint density at radius 3 is 2.83 bits per heavy atom. The van der Waals surface area contributed by atoms with Crippen LogP contribution in [0.3, 0.4) is 0 Å². The van der Waals surface area contributed by atoms with Crippen LogP contribution in [-0.2, 0) is 23.0 Å². The third kappa shape index (κ3) is 9.30. The van der Waals surface area contributed by atoms with Gasteiger partial charge in [-0.15, -0.1) is 0 Å². The Morgan fingerprint density at radius 1 is 1.36 bits per heavy atom. The van der Waals surface area contributed by atoms with Gasteiger partial charge in [-0.1, -0.05) is 18.7 Å². The largest absolute Gasteiger partial charge is 0.354 e. The summed E-state index contributed by atoms with van der Waals surface area (Å²) in [6, 6.07) is -0.00663. The molecule has 2 N–H and O–H groups in total. The van der Waals surface area contributed by atoms with Crippen molar-refractivity contribution in [1.29, 1.82) is 0 Å². The van der Waals surface area contributed by atoms with E-state index in [0.29, 0.717) is 32.2 Å². The second kappa shape index (κ2) is 13.7. The number of aromatic nitrogens is 2. The molecule has 1 amide bonds. The van der Waals surface area contributed by atoms with Crippen molar-refractivity contribution in [3.05, 3.63) is 28.6 Å². The van der Waals surface area contributed by atoms with E-state index in [1.807, 2.05) is 27.1 Å². The quantitative estimate of drug-likeness (QED) is 0.372. The fourth-order valence-corrected chi connectivity index (χ4v) is 5.80. The molecule has 1 aromatic heterocycles. The molecule has 0 saturated heterocycles. The molecule has 36 heavy (non-hydrogen) atoms. The monoisotopic (exact) mass is 531 g/mol. The summed E-state index contributed by atoms with van der Waals surface area (Å²) < 4.78 is 47.3. The first-order chi connectivity index (χ1) is 17.2. The van der Waals surface area contributed by atoms with Crippen molar-refractivity contribution in [1.82, 2.24) is 25.3 Å². The van der Waals surface area contributed by atoms with Gasteiger partial charge in [-0.05, 0) is 51.0 Å². The van der Waals surface area contributed by atoms with Crippen LogP contribution in [0.5, 0.6) is 0 Å². The lowest BCUT2D eigenvalue weighted by atomic mass is 9.91. The van der Waals surface area contributed by atoms with Gasteiger partial charge in [-0.25, -0.2) is 13.2 Å². The number of carbonyl (C=O) groups excluding carboxylic acids is 1. The van der Waals surface area contributed by atoms with Crippen molar-refractivity contribution >= 4 is 17.7 Å². The fraction of sp³-hybridized carbons (Fsp3) is 0.760. The molecule has 3 heterocycles. The summed E-state index contributed by atoms with van der Waals surface area (Å²) in [5.41, 5.74) is 0.294. The van der Waals surface area contributed by atoms with Crippen molar-refractivity contribution in [2.45, 2.75) is 88.9 Å². The van der Waals surface area contributed by atoms with Crippen molar-refractivity contribution < 1.29 is 22.7 Å². The number of carbonyl (C=O) groups is 1. The average molecular weight is 532 g/mol. The number of ether oxygens (including phenoxy) is 1. The lowest BCUT2D eigenvalue weighted by Crippen LogP contribution is -2.35.